The van der Waals surface area contributed by atoms with E-state index in [-0.39, 0.29) is 11.1 Å². The van der Waals surface area contributed by atoms with Crippen LogP contribution in [0.5, 0.6) is 0 Å². The molecule has 2 rings (SSSR count). The summed E-state index contributed by atoms with van der Waals surface area (Å²) in [6.07, 6.45) is 5.68. The number of rotatable bonds is 2. The Labute approximate surface area is 100 Å². The van der Waals surface area contributed by atoms with Gasteiger partial charge in [-0.2, -0.15) is 5.10 Å². The zero-order chi connectivity index (χ0) is 11.8. The lowest BCUT2D eigenvalue weighted by Gasteiger charge is -2.27. The minimum atomic E-state index is -3.68. The Morgan fingerprint density at radius 2 is 2.00 bits per heavy atom. The van der Waals surface area contributed by atoms with E-state index in [0.29, 0.717) is 0 Å². The van der Waals surface area contributed by atoms with Crippen molar-refractivity contribution in [1.29, 1.82) is 0 Å². The average Bonchev–Trinajstić information content (AvgIpc) is 2.66. The van der Waals surface area contributed by atoms with Crippen molar-refractivity contribution in [3.63, 3.8) is 0 Å². The van der Waals surface area contributed by atoms with Crippen molar-refractivity contribution in [2.45, 2.75) is 43.7 Å². The fourth-order valence-electron chi connectivity index (χ4n) is 2.26. The number of hydrogen-bond donors (Lipinski definition) is 0. The first-order chi connectivity index (χ1) is 7.48. The molecule has 0 amide bonds. The van der Waals surface area contributed by atoms with Crippen LogP contribution in [-0.4, -0.2) is 18.2 Å². The highest BCUT2D eigenvalue weighted by molar-refractivity contribution is 8.13. The van der Waals surface area contributed by atoms with Gasteiger partial charge in [0.2, 0.25) is 0 Å². The largest absolute Gasteiger partial charge is 0.278 e. The Morgan fingerprint density at radius 3 is 2.56 bits per heavy atom. The molecular formula is C10H15ClN2O2S. The molecule has 4 nitrogen and oxygen atoms in total. The van der Waals surface area contributed by atoms with E-state index in [0.717, 1.165) is 31.6 Å². The van der Waals surface area contributed by atoms with Crippen LogP contribution in [0, 0.1) is 5.92 Å². The maximum Gasteiger partial charge on any atom is 0.278 e. The SMILES string of the molecule is CC1CCC(n2nccc2S(=O)(=O)Cl)CC1. The van der Waals surface area contributed by atoms with Gasteiger partial charge in [-0.25, -0.2) is 13.1 Å². The molecule has 1 aliphatic carbocycles. The van der Waals surface area contributed by atoms with Gasteiger partial charge < -0.3 is 0 Å². The Bertz CT molecular complexity index is 461. The molecule has 0 aliphatic heterocycles. The van der Waals surface area contributed by atoms with Crippen molar-refractivity contribution >= 4 is 19.7 Å². The molecule has 6 heteroatoms. The molecule has 0 radical (unpaired) electrons. The first-order valence-corrected chi connectivity index (χ1v) is 7.77. The summed E-state index contributed by atoms with van der Waals surface area (Å²) in [6.45, 7) is 2.22. The van der Waals surface area contributed by atoms with Gasteiger partial charge in [0.05, 0.1) is 12.2 Å². The quantitative estimate of drug-likeness (QED) is 0.770. The van der Waals surface area contributed by atoms with Gasteiger partial charge in [0.15, 0.2) is 5.03 Å². The third kappa shape index (κ3) is 2.40. The standard InChI is InChI=1S/C10H15ClN2O2S/c1-8-2-4-9(5-3-8)13-10(6-7-12-13)16(11,14)15/h6-9H,2-5H2,1H3. The van der Waals surface area contributed by atoms with Crippen LogP contribution in [0.4, 0.5) is 0 Å². The van der Waals surface area contributed by atoms with Crippen molar-refractivity contribution in [2.24, 2.45) is 5.92 Å². The normalized spacial score (nSPS) is 26.9. The van der Waals surface area contributed by atoms with E-state index >= 15 is 0 Å². The van der Waals surface area contributed by atoms with E-state index in [4.69, 9.17) is 10.7 Å². The van der Waals surface area contributed by atoms with E-state index < -0.39 is 9.05 Å². The van der Waals surface area contributed by atoms with Gasteiger partial charge in [0.25, 0.3) is 9.05 Å². The first kappa shape index (κ1) is 11.9. The lowest BCUT2D eigenvalue weighted by molar-refractivity contribution is 0.262. The number of hydrogen-bond acceptors (Lipinski definition) is 3. The highest BCUT2D eigenvalue weighted by atomic mass is 35.7. The van der Waals surface area contributed by atoms with Gasteiger partial charge in [-0.1, -0.05) is 6.92 Å². The molecule has 1 saturated carbocycles. The maximum absolute atomic E-state index is 11.3. The molecule has 1 aliphatic rings. The minimum Gasteiger partial charge on any atom is -0.250 e. The lowest BCUT2D eigenvalue weighted by Crippen LogP contribution is -2.20. The molecule has 0 unspecified atom stereocenters. The van der Waals surface area contributed by atoms with Crippen molar-refractivity contribution < 1.29 is 8.42 Å². The zero-order valence-electron chi connectivity index (χ0n) is 9.13. The molecule has 1 aromatic rings. The molecule has 0 saturated heterocycles. The van der Waals surface area contributed by atoms with Crippen molar-refractivity contribution in [3.05, 3.63) is 12.3 Å². The van der Waals surface area contributed by atoms with Gasteiger partial charge >= 0.3 is 0 Å². The Morgan fingerprint density at radius 1 is 1.38 bits per heavy atom. The van der Waals surface area contributed by atoms with Gasteiger partial charge in [0.1, 0.15) is 0 Å². The van der Waals surface area contributed by atoms with Gasteiger partial charge in [-0.15, -0.1) is 0 Å². The third-order valence-corrected chi connectivity index (χ3v) is 4.51. The smallest absolute Gasteiger partial charge is 0.250 e. The molecule has 0 bridgehead atoms. The zero-order valence-corrected chi connectivity index (χ0v) is 10.7. The Hall–Kier alpha value is -0.550. The number of aromatic nitrogens is 2. The van der Waals surface area contributed by atoms with Crippen LogP contribution >= 0.6 is 10.7 Å². The second kappa shape index (κ2) is 4.37. The third-order valence-electron chi connectivity index (χ3n) is 3.22. The first-order valence-electron chi connectivity index (χ1n) is 5.46. The minimum absolute atomic E-state index is 0.119. The highest BCUT2D eigenvalue weighted by Crippen LogP contribution is 2.33. The molecule has 1 aromatic heterocycles. The molecule has 90 valence electrons. The summed E-state index contributed by atoms with van der Waals surface area (Å²) in [4.78, 5) is 0. The maximum atomic E-state index is 11.3. The topological polar surface area (TPSA) is 52.0 Å². The summed E-state index contributed by atoms with van der Waals surface area (Å²) in [5.74, 6) is 0.725. The fourth-order valence-corrected chi connectivity index (χ4v) is 3.27. The second-order valence-corrected chi connectivity index (χ2v) is 6.98. The summed E-state index contributed by atoms with van der Waals surface area (Å²) in [5.41, 5.74) is 0. The second-order valence-electron chi connectivity index (χ2n) is 4.47. The number of halogens is 1. The summed E-state index contributed by atoms with van der Waals surface area (Å²) in [5, 5.41) is 4.20. The van der Waals surface area contributed by atoms with Gasteiger partial charge in [-0.05, 0) is 37.7 Å². The van der Waals surface area contributed by atoms with Crippen LogP contribution < -0.4 is 0 Å². The number of nitrogens with zero attached hydrogens (tertiary/aromatic N) is 2. The molecule has 1 heterocycles. The monoisotopic (exact) mass is 262 g/mol. The van der Waals surface area contributed by atoms with Gasteiger partial charge in [0, 0.05) is 10.7 Å². The van der Waals surface area contributed by atoms with E-state index in [1.54, 1.807) is 4.68 Å². The summed E-state index contributed by atoms with van der Waals surface area (Å²) >= 11 is 0. The molecule has 0 atom stereocenters. The molecule has 16 heavy (non-hydrogen) atoms. The van der Waals surface area contributed by atoms with Crippen LogP contribution in [0.1, 0.15) is 38.6 Å². The predicted molar refractivity (Wildman–Crippen MR) is 61.9 cm³/mol. The van der Waals surface area contributed by atoms with Crippen LogP contribution in [0.3, 0.4) is 0 Å². The van der Waals surface area contributed by atoms with E-state index in [1.807, 2.05) is 0 Å². The highest BCUT2D eigenvalue weighted by Gasteiger charge is 2.25. The van der Waals surface area contributed by atoms with E-state index in [2.05, 4.69) is 12.0 Å². The molecule has 1 fully saturated rings. The Balaban J connectivity index is 2.25. The van der Waals surface area contributed by atoms with Crippen molar-refractivity contribution in [3.8, 4) is 0 Å². The molecule has 0 spiro atoms. The van der Waals surface area contributed by atoms with Crippen LogP contribution in [0.15, 0.2) is 17.3 Å². The van der Waals surface area contributed by atoms with Crippen LogP contribution in [-0.2, 0) is 9.05 Å². The summed E-state index contributed by atoms with van der Waals surface area (Å²) in [7, 11) is 1.68. The van der Waals surface area contributed by atoms with E-state index in [9.17, 15) is 8.42 Å². The lowest BCUT2D eigenvalue weighted by atomic mass is 9.87. The van der Waals surface area contributed by atoms with Crippen molar-refractivity contribution in [1.82, 2.24) is 9.78 Å². The Kier molecular flexibility index (Phi) is 3.26. The van der Waals surface area contributed by atoms with E-state index in [1.165, 1.54) is 12.3 Å². The molecule has 0 N–H and O–H groups in total. The predicted octanol–water partition coefficient (Wildman–Crippen LogP) is 2.56. The average molecular weight is 263 g/mol. The van der Waals surface area contributed by atoms with Crippen molar-refractivity contribution in [2.75, 3.05) is 0 Å². The fraction of sp³-hybridized carbons (Fsp3) is 0.700. The van der Waals surface area contributed by atoms with Gasteiger partial charge in [-0.3, -0.25) is 0 Å². The summed E-state index contributed by atoms with van der Waals surface area (Å²) < 4.78 is 24.2. The van der Waals surface area contributed by atoms with Crippen LogP contribution in [0.2, 0.25) is 0 Å². The molecule has 0 aromatic carbocycles. The summed E-state index contributed by atoms with van der Waals surface area (Å²) in [6, 6.07) is 1.63. The van der Waals surface area contributed by atoms with Crippen LogP contribution in [0.25, 0.3) is 0 Å². The molecular weight excluding hydrogens is 248 g/mol.